The molecule has 0 amide bonds. The molecule has 2 heterocycles. The summed E-state index contributed by atoms with van der Waals surface area (Å²) in [4.78, 5) is 4.71. The van der Waals surface area contributed by atoms with Crippen LogP contribution in [0.25, 0.3) is 22.3 Å². The number of benzene rings is 6. The first-order valence-electron chi connectivity index (χ1n) is 16.8. The van der Waals surface area contributed by atoms with Crippen LogP contribution in [0.2, 0.25) is 13.1 Å². The van der Waals surface area contributed by atoms with Crippen molar-refractivity contribution >= 4 is 63.5 Å². The van der Waals surface area contributed by atoms with E-state index >= 15 is 0 Å². The number of fused-ring (bicyclic) bond motifs is 5. The van der Waals surface area contributed by atoms with Crippen LogP contribution in [0.1, 0.15) is 22.3 Å². The number of anilines is 6. The lowest BCUT2D eigenvalue weighted by Crippen LogP contribution is -2.49. The van der Waals surface area contributed by atoms with Gasteiger partial charge in [-0.15, -0.1) is 0 Å². The zero-order valence-electron chi connectivity index (χ0n) is 28.5. The maximum absolute atomic E-state index is 6.83. The van der Waals surface area contributed by atoms with Gasteiger partial charge in [-0.25, -0.2) is 0 Å². The minimum Gasteiger partial charge on any atom is -0.456 e. The molecule has 1 aliphatic heterocycles. The van der Waals surface area contributed by atoms with Crippen molar-refractivity contribution in [2.24, 2.45) is 0 Å². The molecule has 0 bridgehead atoms. The Labute approximate surface area is 284 Å². The summed E-state index contributed by atoms with van der Waals surface area (Å²) in [6.45, 7) is 13.5. The molecule has 48 heavy (non-hydrogen) atoms. The molecule has 0 spiro atoms. The van der Waals surface area contributed by atoms with Crippen molar-refractivity contribution in [1.82, 2.24) is 0 Å². The second kappa shape index (κ2) is 11.4. The van der Waals surface area contributed by atoms with Gasteiger partial charge in [-0.1, -0.05) is 89.9 Å². The molecule has 0 saturated heterocycles. The third kappa shape index (κ3) is 5.04. The zero-order chi connectivity index (χ0) is 33.2. The van der Waals surface area contributed by atoms with Crippen LogP contribution in [-0.2, 0) is 0 Å². The number of furan rings is 1. The third-order valence-corrected chi connectivity index (χ3v) is 13.4. The summed E-state index contributed by atoms with van der Waals surface area (Å²) in [5.41, 5.74) is 14.0. The van der Waals surface area contributed by atoms with Crippen LogP contribution < -0.4 is 20.2 Å². The summed E-state index contributed by atoms with van der Waals surface area (Å²) in [5.74, 6) is 1.03. The smallest absolute Gasteiger partial charge is 0.135 e. The van der Waals surface area contributed by atoms with Crippen molar-refractivity contribution < 1.29 is 4.42 Å². The van der Waals surface area contributed by atoms with Gasteiger partial charge in [-0.3, -0.25) is 0 Å². The maximum Gasteiger partial charge on any atom is 0.135 e. The lowest BCUT2D eigenvalue weighted by atomic mass is 10.1. The molecule has 6 aromatic carbocycles. The normalized spacial score (nSPS) is 13.0. The predicted molar refractivity (Wildman–Crippen MR) is 207 cm³/mol. The Hall–Kier alpha value is -5.32. The first-order valence-corrected chi connectivity index (χ1v) is 19.8. The molecule has 0 fully saturated rings. The van der Waals surface area contributed by atoms with E-state index in [2.05, 4.69) is 184 Å². The van der Waals surface area contributed by atoms with Crippen molar-refractivity contribution in [2.45, 2.75) is 40.8 Å². The summed E-state index contributed by atoms with van der Waals surface area (Å²) in [5, 5.41) is 4.03. The average molecular weight is 641 g/mol. The minimum absolute atomic E-state index is 0.946. The summed E-state index contributed by atoms with van der Waals surface area (Å²) < 4.78 is 6.83. The fourth-order valence-electron chi connectivity index (χ4n) is 7.24. The van der Waals surface area contributed by atoms with Crippen LogP contribution in [0.15, 0.2) is 138 Å². The monoisotopic (exact) mass is 640 g/mol. The highest BCUT2D eigenvalue weighted by Crippen LogP contribution is 2.42. The molecular formula is C44H40N2OSi. The largest absolute Gasteiger partial charge is 0.456 e. The molecule has 0 unspecified atom stereocenters. The molecule has 7 aromatic rings. The van der Waals surface area contributed by atoms with Crippen molar-refractivity contribution in [1.29, 1.82) is 0 Å². The van der Waals surface area contributed by atoms with Crippen molar-refractivity contribution in [3.05, 3.63) is 156 Å². The Morgan fingerprint density at radius 2 is 0.812 bits per heavy atom. The summed E-state index contributed by atoms with van der Waals surface area (Å²) in [7, 11) is -2.09. The fraction of sp³-hybridized carbons (Fsp3) is 0.136. The van der Waals surface area contributed by atoms with E-state index < -0.39 is 8.07 Å². The van der Waals surface area contributed by atoms with E-state index in [1.54, 1.807) is 0 Å². The number of hydrogen-bond acceptors (Lipinski definition) is 3. The van der Waals surface area contributed by atoms with Gasteiger partial charge in [0.1, 0.15) is 19.4 Å². The van der Waals surface area contributed by atoms with Crippen LogP contribution >= 0.6 is 0 Å². The Balaban J connectivity index is 1.28. The van der Waals surface area contributed by atoms with Crippen LogP contribution in [0.4, 0.5) is 34.1 Å². The average Bonchev–Trinajstić information content (AvgIpc) is 3.57. The van der Waals surface area contributed by atoms with E-state index in [0.717, 1.165) is 45.5 Å². The van der Waals surface area contributed by atoms with Crippen LogP contribution in [0, 0.1) is 27.7 Å². The lowest BCUT2D eigenvalue weighted by molar-refractivity contribution is 0.635. The Kier molecular flexibility index (Phi) is 7.15. The highest BCUT2D eigenvalue weighted by Gasteiger charge is 2.42. The highest BCUT2D eigenvalue weighted by atomic mass is 28.3. The van der Waals surface area contributed by atoms with E-state index in [4.69, 9.17) is 4.42 Å². The first kappa shape index (κ1) is 30.0. The molecule has 8 rings (SSSR count). The molecule has 0 radical (unpaired) electrons. The molecule has 0 N–H and O–H groups in total. The van der Waals surface area contributed by atoms with Crippen molar-refractivity contribution in [3.8, 4) is 11.3 Å². The van der Waals surface area contributed by atoms with Gasteiger partial charge in [-0.05, 0) is 117 Å². The molecule has 0 atom stereocenters. The summed E-state index contributed by atoms with van der Waals surface area (Å²) in [6, 6.07) is 48.9. The lowest BCUT2D eigenvalue weighted by Gasteiger charge is -2.27. The molecule has 1 aliphatic rings. The van der Waals surface area contributed by atoms with Gasteiger partial charge in [0.15, 0.2) is 0 Å². The second-order valence-corrected chi connectivity index (χ2v) is 18.1. The SMILES string of the molecule is Cc1ccc(N(c2ccc(C)cc2)c2ccc3c(c2)-c2oc4ccc(N(c5ccc(C)cc5)c5ccc(C)cc5)cc4c2[Si]3(C)C)cc1. The maximum atomic E-state index is 6.83. The quantitative estimate of drug-likeness (QED) is 0.169. The highest BCUT2D eigenvalue weighted by molar-refractivity contribution is 7.05. The van der Waals surface area contributed by atoms with E-state index in [0.29, 0.717) is 0 Å². The molecule has 3 nitrogen and oxygen atoms in total. The van der Waals surface area contributed by atoms with Crippen LogP contribution in [0.3, 0.4) is 0 Å². The van der Waals surface area contributed by atoms with E-state index in [1.807, 2.05) is 0 Å². The molecule has 0 saturated carbocycles. The van der Waals surface area contributed by atoms with E-state index in [1.165, 1.54) is 43.6 Å². The molecule has 0 aliphatic carbocycles. The number of aryl methyl sites for hydroxylation is 4. The summed E-state index contributed by atoms with van der Waals surface area (Å²) >= 11 is 0. The van der Waals surface area contributed by atoms with Crippen LogP contribution in [0.5, 0.6) is 0 Å². The zero-order valence-corrected chi connectivity index (χ0v) is 29.5. The fourth-order valence-corrected chi connectivity index (χ4v) is 10.5. The minimum atomic E-state index is -2.09. The molecular weight excluding hydrogens is 601 g/mol. The van der Waals surface area contributed by atoms with Gasteiger partial charge in [0, 0.05) is 45.1 Å². The third-order valence-electron chi connectivity index (χ3n) is 9.90. The standard InChI is InChI=1S/C44H40N2OSi/c1-29-7-15-33(16-8-29)45(34-17-9-30(2)10-18-34)37-23-25-41-39(27-37)44-43(47-41)40-28-38(24-26-42(40)48(44,5)6)46(35-19-11-31(3)12-20-35)36-21-13-32(4)14-22-36/h7-28H,1-6H3. The first-order chi connectivity index (χ1) is 23.2. The van der Waals surface area contributed by atoms with Gasteiger partial charge >= 0.3 is 0 Å². The van der Waals surface area contributed by atoms with Gasteiger partial charge in [-0.2, -0.15) is 0 Å². The number of rotatable bonds is 6. The molecule has 236 valence electrons. The van der Waals surface area contributed by atoms with Crippen molar-refractivity contribution in [3.63, 3.8) is 0 Å². The topological polar surface area (TPSA) is 19.6 Å². The second-order valence-electron chi connectivity index (χ2n) is 13.9. The van der Waals surface area contributed by atoms with E-state index in [-0.39, 0.29) is 0 Å². The van der Waals surface area contributed by atoms with Gasteiger partial charge < -0.3 is 14.2 Å². The molecule has 4 heteroatoms. The van der Waals surface area contributed by atoms with Gasteiger partial charge in [0.25, 0.3) is 0 Å². The summed E-state index contributed by atoms with van der Waals surface area (Å²) in [6.07, 6.45) is 0. The van der Waals surface area contributed by atoms with E-state index in [9.17, 15) is 0 Å². The Morgan fingerprint density at radius 3 is 1.25 bits per heavy atom. The Morgan fingerprint density at radius 1 is 0.438 bits per heavy atom. The molecule has 1 aromatic heterocycles. The van der Waals surface area contributed by atoms with Crippen molar-refractivity contribution in [2.75, 3.05) is 9.80 Å². The van der Waals surface area contributed by atoms with Crippen LogP contribution in [-0.4, -0.2) is 8.07 Å². The van der Waals surface area contributed by atoms with Gasteiger partial charge in [0.2, 0.25) is 0 Å². The predicted octanol–water partition coefficient (Wildman–Crippen LogP) is 11.4. The number of nitrogens with zero attached hydrogens (tertiary/aromatic N) is 2. The number of hydrogen-bond donors (Lipinski definition) is 0. The van der Waals surface area contributed by atoms with Gasteiger partial charge in [0.05, 0.1) is 0 Å². The Bertz CT molecular complexity index is 2190.